The molecule has 1 aliphatic heterocycles. The summed E-state index contributed by atoms with van der Waals surface area (Å²) in [5, 5.41) is 20.0. The summed E-state index contributed by atoms with van der Waals surface area (Å²) in [6.07, 6.45) is -2.02. The molecule has 1 aliphatic rings. The summed E-state index contributed by atoms with van der Waals surface area (Å²) in [6, 6.07) is 15.8. The number of rotatable bonds is 2. The minimum atomic E-state index is -1.17. The molecule has 2 heterocycles. The average molecular weight is 347 g/mol. The molecule has 0 radical (unpaired) electrons. The molecule has 1 unspecified atom stereocenters. The van der Waals surface area contributed by atoms with Crippen molar-refractivity contribution in [3.05, 3.63) is 76.9 Å². The summed E-state index contributed by atoms with van der Waals surface area (Å²) in [5.74, 6) is 1.12. The smallest absolute Gasteiger partial charge is 0.406 e. The summed E-state index contributed by atoms with van der Waals surface area (Å²) >= 11 is 0. The Morgan fingerprint density at radius 3 is 2.54 bits per heavy atom. The van der Waals surface area contributed by atoms with Crippen LogP contribution in [0.3, 0.4) is 0 Å². The number of aryl methyl sites for hydroxylation is 2. The van der Waals surface area contributed by atoms with Crippen LogP contribution in [0.25, 0.3) is 5.69 Å². The van der Waals surface area contributed by atoms with Crippen LogP contribution >= 0.6 is 0 Å². The van der Waals surface area contributed by atoms with Gasteiger partial charge in [-0.3, -0.25) is 14.9 Å². The van der Waals surface area contributed by atoms with Gasteiger partial charge in [-0.25, -0.2) is 4.79 Å². The molecule has 2 aromatic carbocycles. The molecule has 7 heteroatoms. The Morgan fingerprint density at radius 2 is 1.81 bits per heavy atom. The topological polar surface area (TPSA) is 92.4 Å². The molecule has 0 fully saturated rings. The van der Waals surface area contributed by atoms with Gasteiger partial charge in [-0.15, -0.1) is 10.2 Å². The van der Waals surface area contributed by atoms with Crippen molar-refractivity contribution in [3.8, 4) is 5.69 Å². The van der Waals surface area contributed by atoms with Crippen molar-refractivity contribution >= 4 is 11.8 Å². The van der Waals surface area contributed by atoms with E-state index in [9.17, 15) is 9.90 Å². The van der Waals surface area contributed by atoms with E-state index in [0.717, 1.165) is 22.4 Å². The normalized spacial score (nSPS) is 15.5. The Kier molecular flexibility index (Phi) is 3.76. The van der Waals surface area contributed by atoms with Crippen molar-refractivity contribution in [2.45, 2.75) is 20.0 Å². The highest BCUT2D eigenvalue weighted by atomic mass is 16.4. The summed E-state index contributed by atoms with van der Waals surface area (Å²) in [7, 11) is 0. The van der Waals surface area contributed by atoms with Crippen LogP contribution in [0.4, 0.5) is 4.79 Å². The van der Waals surface area contributed by atoms with E-state index in [-0.39, 0.29) is 0 Å². The standard InChI is InChI=1S/C19H17N5O2/c1-11-7-9-13(10-8-11)16-14-5-3-4-6-15(14)24-12(2)22-23-18(24)17(20-16)21-19(25)26/h3-10,17,21H,1-2H3,(H,25,26). The molecule has 0 bridgehead atoms. The monoisotopic (exact) mass is 347 g/mol. The fourth-order valence-corrected chi connectivity index (χ4v) is 3.13. The average Bonchev–Trinajstić information content (AvgIpc) is 2.94. The fraction of sp³-hybridized carbons (Fsp3) is 0.158. The van der Waals surface area contributed by atoms with Crippen molar-refractivity contribution in [1.82, 2.24) is 20.1 Å². The summed E-state index contributed by atoms with van der Waals surface area (Å²) < 4.78 is 1.85. The Bertz CT molecular complexity index is 1020. The molecule has 1 amide bonds. The van der Waals surface area contributed by atoms with E-state index in [1.54, 1.807) is 0 Å². The first-order valence-corrected chi connectivity index (χ1v) is 8.20. The maximum absolute atomic E-state index is 11.3. The van der Waals surface area contributed by atoms with Gasteiger partial charge in [0, 0.05) is 11.1 Å². The molecule has 0 spiro atoms. The minimum Gasteiger partial charge on any atom is -0.465 e. The number of carbonyl (C=O) groups is 1. The number of benzene rings is 2. The molecule has 3 aromatic rings. The van der Waals surface area contributed by atoms with E-state index in [1.165, 1.54) is 0 Å². The van der Waals surface area contributed by atoms with Gasteiger partial charge in [0.2, 0.25) is 0 Å². The molecular weight excluding hydrogens is 330 g/mol. The number of aromatic nitrogens is 3. The maximum Gasteiger partial charge on any atom is 0.406 e. The van der Waals surface area contributed by atoms with Crippen LogP contribution in [0.1, 0.15) is 34.5 Å². The molecule has 1 aromatic heterocycles. The predicted octanol–water partition coefficient (Wildman–Crippen LogP) is 3.00. The number of nitrogens with one attached hydrogen (secondary N) is 1. The van der Waals surface area contributed by atoms with Crippen LogP contribution in [0, 0.1) is 13.8 Å². The Balaban J connectivity index is 1.99. The molecule has 4 rings (SSSR count). The molecular formula is C19H17N5O2. The predicted molar refractivity (Wildman–Crippen MR) is 96.8 cm³/mol. The van der Waals surface area contributed by atoms with E-state index in [1.807, 2.05) is 66.9 Å². The van der Waals surface area contributed by atoms with Gasteiger partial charge in [0.25, 0.3) is 0 Å². The second-order valence-electron chi connectivity index (χ2n) is 6.15. The number of carboxylic acid groups (broad SMARTS) is 1. The number of aliphatic imine (C=N–C) groups is 1. The lowest BCUT2D eigenvalue weighted by Crippen LogP contribution is -2.27. The van der Waals surface area contributed by atoms with E-state index in [0.29, 0.717) is 17.4 Å². The summed E-state index contributed by atoms with van der Waals surface area (Å²) in [6.45, 7) is 3.86. The van der Waals surface area contributed by atoms with E-state index < -0.39 is 12.3 Å². The SMILES string of the molecule is Cc1ccc(C2=NC(NC(=O)O)c3nnc(C)n3-c3ccccc32)cc1. The minimum absolute atomic E-state index is 0.444. The highest BCUT2D eigenvalue weighted by Gasteiger charge is 2.28. The van der Waals surface area contributed by atoms with Gasteiger partial charge in [0.1, 0.15) is 5.82 Å². The Labute approximate surface area is 150 Å². The number of hydrogen-bond acceptors (Lipinski definition) is 4. The Morgan fingerprint density at radius 1 is 1.08 bits per heavy atom. The zero-order valence-corrected chi connectivity index (χ0v) is 14.3. The van der Waals surface area contributed by atoms with Gasteiger partial charge in [-0.05, 0) is 19.9 Å². The van der Waals surface area contributed by atoms with Crippen LogP contribution < -0.4 is 5.32 Å². The largest absolute Gasteiger partial charge is 0.465 e. The van der Waals surface area contributed by atoms with Gasteiger partial charge >= 0.3 is 6.09 Å². The van der Waals surface area contributed by atoms with Gasteiger partial charge in [0.05, 0.1) is 11.4 Å². The number of para-hydroxylation sites is 1. The van der Waals surface area contributed by atoms with Crippen LogP contribution in [0.5, 0.6) is 0 Å². The highest BCUT2D eigenvalue weighted by Crippen LogP contribution is 2.29. The number of fused-ring (bicyclic) bond motifs is 3. The van der Waals surface area contributed by atoms with Crippen molar-refractivity contribution in [3.63, 3.8) is 0 Å². The molecule has 0 aliphatic carbocycles. The van der Waals surface area contributed by atoms with Crippen molar-refractivity contribution < 1.29 is 9.90 Å². The van der Waals surface area contributed by atoms with E-state index in [4.69, 9.17) is 4.99 Å². The molecule has 0 saturated heterocycles. The quantitative estimate of drug-likeness (QED) is 0.745. The lowest BCUT2D eigenvalue weighted by molar-refractivity contribution is 0.189. The van der Waals surface area contributed by atoms with E-state index in [2.05, 4.69) is 15.5 Å². The second-order valence-corrected chi connectivity index (χ2v) is 6.15. The van der Waals surface area contributed by atoms with Crippen LogP contribution in [0.15, 0.2) is 53.5 Å². The first-order valence-electron chi connectivity index (χ1n) is 8.20. The third kappa shape index (κ3) is 2.63. The highest BCUT2D eigenvalue weighted by molar-refractivity contribution is 6.15. The number of nitrogens with zero attached hydrogens (tertiary/aromatic N) is 4. The van der Waals surface area contributed by atoms with Gasteiger partial charge < -0.3 is 5.11 Å². The first kappa shape index (κ1) is 16.0. The van der Waals surface area contributed by atoms with Crippen LogP contribution in [0.2, 0.25) is 0 Å². The molecule has 0 saturated carbocycles. The van der Waals surface area contributed by atoms with Crippen molar-refractivity contribution in [2.24, 2.45) is 4.99 Å². The second kappa shape index (κ2) is 6.11. The van der Waals surface area contributed by atoms with Crippen molar-refractivity contribution in [1.29, 1.82) is 0 Å². The van der Waals surface area contributed by atoms with Gasteiger partial charge in [0.15, 0.2) is 12.0 Å². The number of amides is 1. The van der Waals surface area contributed by atoms with Gasteiger partial charge in [-0.2, -0.15) is 0 Å². The molecule has 7 nitrogen and oxygen atoms in total. The summed E-state index contributed by atoms with van der Waals surface area (Å²) in [4.78, 5) is 16.0. The maximum atomic E-state index is 11.3. The van der Waals surface area contributed by atoms with Crippen LogP contribution in [-0.2, 0) is 0 Å². The third-order valence-electron chi connectivity index (χ3n) is 4.34. The third-order valence-corrected chi connectivity index (χ3v) is 4.34. The lowest BCUT2D eigenvalue weighted by Gasteiger charge is -2.12. The molecule has 26 heavy (non-hydrogen) atoms. The summed E-state index contributed by atoms with van der Waals surface area (Å²) in [5.41, 5.74) is 4.54. The fourth-order valence-electron chi connectivity index (χ4n) is 3.13. The molecule has 1 atom stereocenters. The van der Waals surface area contributed by atoms with Gasteiger partial charge in [-0.1, -0.05) is 48.0 Å². The molecule has 130 valence electrons. The van der Waals surface area contributed by atoms with Crippen LogP contribution in [-0.4, -0.2) is 31.7 Å². The van der Waals surface area contributed by atoms with Crippen molar-refractivity contribution in [2.75, 3.05) is 0 Å². The number of hydrogen-bond donors (Lipinski definition) is 2. The lowest BCUT2D eigenvalue weighted by atomic mass is 9.99. The zero-order chi connectivity index (χ0) is 18.3. The first-order chi connectivity index (χ1) is 12.5. The zero-order valence-electron chi connectivity index (χ0n) is 14.3. The Hall–Kier alpha value is -3.48. The molecule has 2 N–H and O–H groups in total. The van der Waals surface area contributed by atoms with E-state index >= 15 is 0 Å².